The zero-order valence-corrected chi connectivity index (χ0v) is 15.2. The molecule has 5 nitrogen and oxygen atoms in total. The number of hydrogen-bond donors (Lipinski definition) is 1. The van der Waals surface area contributed by atoms with E-state index in [1.807, 2.05) is 31.2 Å². The highest BCUT2D eigenvalue weighted by molar-refractivity contribution is 6.30. The van der Waals surface area contributed by atoms with E-state index in [0.717, 1.165) is 49.9 Å². The van der Waals surface area contributed by atoms with Crippen LogP contribution < -0.4 is 5.32 Å². The smallest absolute Gasteiger partial charge is 0.237 e. The first-order chi connectivity index (χ1) is 12.1. The van der Waals surface area contributed by atoms with Crippen molar-refractivity contribution in [1.82, 2.24) is 14.8 Å². The molecule has 132 valence electrons. The molecule has 0 unspecified atom stereocenters. The molecule has 1 heterocycles. The Morgan fingerprint density at radius 2 is 2.00 bits per heavy atom. The molecule has 0 spiro atoms. The van der Waals surface area contributed by atoms with Crippen molar-refractivity contribution in [3.63, 3.8) is 0 Å². The Balaban J connectivity index is 1.67. The van der Waals surface area contributed by atoms with E-state index >= 15 is 0 Å². The van der Waals surface area contributed by atoms with E-state index < -0.39 is 5.41 Å². The minimum Gasteiger partial charge on any atom is -0.294 e. The highest BCUT2D eigenvalue weighted by Crippen LogP contribution is 2.42. The third-order valence-electron chi connectivity index (χ3n) is 5.52. The second-order valence-electron chi connectivity index (χ2n) is 7.28. The summed E-state index contributed by atoms with van der Waals surface area (Å²) in [7, 11) is 0. The maximum Gasteiger partial charge on any atom is 0.237 e. The van der Waals surface area contributed by atoms with E-state index in [9.17, 15) is 4.79 Å². The molecule has 4 rings (SSSR count). The van der Waals surface area contributed by atoms with Gasteiger partial charge in [0.05, 0.1) is 5.41 Å². The number of hydrogen-bond acceptors (Lipinski definition) is 3. The molecule has 6 heteroatoms. The summed E-state index contributed by atoms with van der Waals surface area (Å²) in [4.78, 5) is 13.4. The second-order valence-corrected chi connectivity index (χ2v) is 7.72. The van der Waals surface area contributed by atoms with Crippen LogP contribution in [0.5, 0.6) is 0 Å². The van der Waals surface area contributed by atoms with E-state index in [0.29, 0.717) is 17.0 Å². The van der Waals surface area contributed by atoms with Crippen LogP contribution in [-0.2, 0) is 10.2 Å². The summed E-state index contributed by atoms with van der Waals surface area (Å²) < 4.78 is 2.06. The van der Waals surface area contributed by atoms with E-state index in [1.54, 1.807) is 0 Å². The highest BCUT2D eigenvalue weighted by atomic mass is 35.5. The zero-order chi connectivity index (χ0) is 17.4. The third kappa shape index (κ3) is 3.06. The molecule has 2 saturated carbocycles. The molecule has 1 aromatic carbocycles. The Hall–Kier alpha value is -1.88. The zero-order valence-electron chi connectivity index (χ0n) is 14.5. The molecule has 0 atom stereocenters. The SMILES string of the molecule is Cc1nnc(NC(=O)C2(c3cccc(Cl)c3)CCCCC2)n1C1CC1. The van der Waals surface area contributed by atoms with Crippen molar-refractivity contribution in [3.05, 3.63) is 40.7 Å². The average Bonchev–Trinajstić information content (AvgIpc) is 3.39. The van der Waals surface area contributed by atoms with Gasteiger partial charge in [0.15, 0.2) is 0 Å². The number of benzene rings is 1. The van der Waals surface area contributed by atoms with Gasteiger partial charge in [-0.25, -0.2) is 0 Å². The molecule has 0 bridgehead atoms. The molecule has 2 aromatic rings. The Kier molecular flexibility index (Phi) is 4.28. The fraction of sp³-hybridized carbons (Fsp3) is 0.526. The van der Waals surface area contributed by atoms with Gasteiger partial charge < -0.3 is 0 Å². The minimum atomic E-state index is -0.530. The van der Waals surface area contributed by atoms with Gasteiger partial charge >= 0.3 is 0 Å². The van der Waals surface area contributed by atoms with Gasteiger partial charge in [0.25, 0.3) is 0 Å². The number of rotatable bonds is 4. The first-order valence-corrected chi connectivity index (χ1v) is 9.47. The lowest BCUT2D eigenvalue weighted by Crippen LogP contribution is -2.42. The van der Waals surface area contributed by atoms with Crippen LogP contribution in [0.4, 0.5) is 5.95 Å². The van der Waals surface area contributed by atoms with Crippen LogP contribution >= 0.6 is 11.6 Å². The predicted octanol–water partition coefficient (Wildman–Crippen LogP) is 4.42. The molecule has 1 amide bonds. The van der Waals surface area contributed by atoms with Crippen LogP contribution in [0.15, 0.2) is 24.3 Å². The number of nitrogens with zero attached hydrogens (tertiary/aromatic N) is 3. The molecule has 25 heavy (non-hydrogen) atoms. The van der Waals surface area contributed by atoms with Crippen LogP contribution in [0, 0.1) is 6.92 Å². The molecule has 0 radical (unpaired) electrons. The monoisotopic (exact) mass is 358 g/mol. The van der Waals surface area contributed by atoms with Crippen LogP contribution in [0.3, 0.4) is 0 Å². The van der Waals surface area contributed by atoms with Gasteiger partial charge in [0.2, 0.25) is 11.9 Å². The number of amides is 1. The first kappa shape index (κ1) is 16.6. The summed E-state index contributed by atoms with van der Waals surface area (Å²) in [6, 6.07) is 8.17. The number of nitrogens with one attached hydrogen (secondary N) is 1. The molecule has 1 N–H and O–H groups in total. The number of aromatic nitrogens is 3. The number of anilines is 1. The second kappa shape index (κ2) is 6.45. The Labute approximate surface area is 152 Å². The number of carbonyl (C=O) groups excluding carboxylic acids is 1. The first-order valence-electron chi connectivity index (χ1n) is 9.09. The van der Waals surface area contributed by atoms with Crippen molar-refractivity contribution in [2.24, 2.45) is 0 Å². The van der Waals surface area contributed by atoms with Crippen LogP contribution in [0.25, 0.3) is 0 Å². The summed E-state index contributed by atoms with van der Waals surface area (Å²) in [5.74, 6) is 1.46. The van der Waals surface area contributed by atoms with Crippen molar-refractivity contribution in [3.8, 4) is 0 Å². The maximum absolute atomic E-state index is 13.4. The number of aryl methyl sites for hydroxylation is 1. The summed E-state index contributed by atoms with van der Waals surface area (Å²) in [5.41, 5.74) is 0.476. The van der Waals surface area contributed by atoms with Crippen LogP contribution in [0.1, 0.15) is 62.4 Å². The topological polar surface area (TPSA) is 59.8 Å². The molecule has 0 aliphatic heterocycles. The fourth-order valence-corrected chi connectivity index (χ4v) is 4.22. The highest BCUT2D eigenvalue weighted by Gasteiger charge is 2.42. The lowest BCUT2D eigenvalue weighted by Gasteiger charge is -2.36. The van der Waals surface area contributed by atoms with Gasteiger partial charge in [-0.05, 0) is 50.3 Å². The van der Waals surface area contributed by atoms with Gasteiger partial charge in [0, 0.05) is 11.1 Å². The Morgan fingerprint density at radius 3 is 2.68 bits per heavy atom. The number of halogens is 1. The van der Waals surface area contributed by atoms with Crippen molar-refractivity contribution in [2.45, 2.75) is 63.3 Å². The predicted molar refractivity (Wildman–Crippen MR) is 97.9 cm³/mol. The fourth-order valence-electron chi connectivity index (χ4n) is 4.03. The lowest BCUT2D eigenvalue weighted by atomic mass is 9.68. The molecular weight excluding hydrogens is 336 g/mol. The molecule has 0 saturated heterocycles. The third-order valence-corrected chi connectivity index (χ3v) is 5.76. The largest absolute Gasteiger partial charge is 0.294 e. The van der Waals surface area contributed by atoms with Crippen molar-refractivity contribution in [1.29, 1.82) is 0 Å². The van der Waals surface area contributed by atoms with Crippen LogP contribution in [-0.4, -0.2) is 20.7 Å². The standard InChI is InChI=1S/C19H23ClN4O/c1-13-22-23-18(24(13)16-8-9-16)21-17(25)19(10-3-2-4-11-19)14-6-5-7-15(20)12-14/h5-7,12,16H,2-4,8-11H2,1H3,(H,21,23,25). The average molecular weight is 359 g/mol. The van der Waals surface area contributed by atoms with Crippen LogP contribution in [0.2, 0.25) is 5.02 Å². The van der Waals surface area contributed by atoms with E-state index in [1.165, 1.54) is 6.42 Å². The van der Waals surface area contributed by atoms with E-state index in [-0.39, 0.29) is 5.91 Å². The molecule has 2 aliphatic carbocycles. The summed E-state index contributed by atoms with van der Waals surface area (Å²) in [5, 5.41) is 12.1. The summed E-state index contributed by atoms with van der Waals surface area (Å²) >= 11 is 6.21. The van der Waals surface area contributed by atoms with Gasteiger partial charge in [0.1, 0.15) is 5.82 Å². The lowest BCUT2D eigenvalue weighted by molar-refractivity contribution is -0.122. The van der Waals surface area contributed by atoms with Crippen molar-refractivity contribution >= 4 is 23.5 Å². The molecule has 1 aromatic heterocycles. The maximum atomic E-state index is 13.4. The quantitative estimate of drug-likeness (QED) is 0.880. The van der Waals surface area contributed by atoms with Crippen molar-refractivity contribution in [2.75, 3.05) is 5.32 Å². The summed E-state index contributed by atoms with van der Waals surface area (Å²) in [6.45, 7) is 1.94. The van der Waals surface area contributed by atoms with Gasteiger partial charge in [-0.1, -0.05) is 43.0 Å². The normalized spacial score (nSPS) is 19.6. The van der Waals surface area contributed by atoms with Gasteiger partial charge in [-0.2, -0.15) is 0 Å². The molecular formula is C19H23ClN4O. The summed E-state index contributed by atoms with van der Waals surface area (Å²) in [6.07, 6.45) is 7.21. The van der Waals surface area contributed by atoms with Crippen molar-refractivity contribution < 1.29 is 4.79 Å². The van der Waals surface area contributed by atoms with E-state index in [4.69, 9.17) is 11.6 Å². The minimum absolute atomic E-state index is 0.0174. The van der Waals surface area contributed by atoms with Gasteiger partial charge in [-0.15, -0.1) is 10.2 Å². The molecule has 2 aliphatic rings. The molecule has 2 fully saturated rings. The van der Waals surface area contributed by atoms with Gasteiger partial charge in [-0.3, -0.25) is 14.7 Å². The Morgan fingerprint density at radius 1 is 1.24 bits per heavy atom. The number of carbonyl (C=O) groups is 1. The van der Waals surface area contributed by atoms with E-state index in [2.05, 4.69) is 20.1 Å². The Bertz CT molecular complexity index is 790.